The Hall–Kier alpha value is -3.09. The zero-order chi connectivity index (χ0) is 25.2. The van der Waals surface area contributed by atoms with Crippen LogP contribution in [-0.2, 0) is 19.0 Å². The molecule has 1 spiro atoms. The smallest absolute Gasteiger partial charge is 0.395 e. The third-order valence-electron chi connectivity index (χ3n) is 5.78. The lowest BCUT2D eigenvalue weighted by atomic mass is 9.86. The van der Waals surface area contributed by atoms with Crippen LogP contribution in [0.5, 0.6) is 11.5 Å². The van der Waals surface area contributed by atoms with Crippen molar-refractivity contribution in [3.8, 4) is 11.5 Å². The average molecular weight is 509 g/mol. The molecule has 0 bridgehead atoms. The molecule has 1 aromatic carbocycles. The summed E-state index contributed by atoms with van der Waals surface area (Å²) in [5.41, 5.74) is -2.42. The van der Waals surface area contributed by atoms with Gasteiger partial charge in [-0.2, -0.15) is 0 Å². The van der Waals surface area contributed by atoms with Crippen molar-refractivity contribution in [3.63, 3.8) is 0 Å². The van der Waals surface area contributed by atoms with E-state index in [2.05, 4.69) is 14.5 Å². The molecule has 0 saturated carbocycles. The summed E-state index contributed by atoms with van der Waals surface area (Å²) in [5, 5.41) is 10.9. The minimum absolute atomic E-state index is 0.102. The standard InChI is InChI=1S/C21H24N3O10P/c1-12(18(27)30-2)23-35(29)34-14-6-4-3-5-13(14)31-11-15-17(26)21(8-10-32-21)19(33-15)24-9-7-16(25)22-20(24)28/h3-7,9,12,15,17,19,26H,8,10-11H2,1-2H3,(H,22,25,28)/t12-,15+,17+,19+,21-/m0/s1. The van der Waals surface area contributed by atoms with E-state index >= 15 is 0 Å². The molecule has 2 fully saturated rings. The minimum Gasteiger partial charge on any atom is -0.575 e. The number of aromatic nitrogens is 2. The number of H-pyrrole nitrogens is 1. The molecule has 14 heteroatoms. The van der Waals surface area contributed by atoms with Crippen LogP contribution in [0, 0.1) is 0 Å². The van der Waals surface area contributed by atoms with Crippen LogP contribution in [0.2, 0.25) is 0 Å². The normalized spacial score (nSPS) is 26.7. The maximum absolute atomic E-state index is 12.3. The fourth-order valence-corrected chi connectivity index (χ4v) is 4.65. The number of hydrogen-bond donors (Lipinski definition) is 2. The van der Waals surface area contributed by atoms with E-state index in [9.17, 15) is 24.4 Å². The highest BCUT2D eigenvalue weighted by Gasteiger charge is 2.62. The monoisotopic (exact) mass is 509 g/mol. The highest BCUT2D eigenvalue weighted by molar-refractivity contribution is 7.34. The first kappa shape index (κ1) is 25.0. The van der Waals surface area contributed by atoms with Gasteiger partial charge in [0.2, 0.25) is 5.75 Å². The number of benzene rings is 1. The highest BCUT2D eigenvalue weighted by atomic mass is 31.1. The van der Waals surface area contributed by atoms with Crippen LogP contribution in [0.15, 0.2) is 50.9 Å². The molecule has 1 aromatic heterocycles. The van der Waals surface area contributed by atoms with Crippen molar-refractivity contribution in [2.75, 3.05) is 20.3 Å². The Morgan fingerprint density at radius 2 is 2.09 bits per heavy atom. The van der Waals surface area contributed by atoms with Gasteiger partial charge in [-0.1, -0.05) is 16.9 Å². The second-order valence-electron chi connectivity index (χ2n) is 7.94. The molecule has 2 aliphatic rings. The quantitative estimate of drug-likeness (QED) is 0.359. The van der Waals surface area contributed by atoms with Gasteiger partial charge in [0, 0.05) is 18.7 Å². The van der Waals surface area contributed by atoms with Crippen LogP contribution in [0.1, 0.15) is 19.6 Å². The molecular weight excluding hydrogens is 485 g/mol. The second-order valence-corrected chi connectivity index (χ2v) is 8.83. The number of methoxy groups -OCH3 is 1. The van der Waals surface area contributed by atoms with Crippen molar-refractivity contribution in [3.05, 3.63) is 57.4 Å². The van der Waals surface area contributed by atoms with Gasteiger partial charge in [-0.3, -0.25) is 18.9 Å². The van der Waals surface area contributed by atoms with Crippen molar-refractivity contribution in [1.29, 1.82) is 0 Å². The molecule has 0 amide bonds. The summed E-state index contributed by atoms with van der Waals surface area (Å²) in [4.78, 5) is 49.6. The van der Waals surface area contributed by atoms with E-state index in [0.29, 0.717) is 13.0 Å². The maximum atomic E-state index is 12.3. The minimum atomic E-state index is -2.61. The van der Waals surface area contributed by atoms with E-state index in [1.54, 1.807) is 18.2 Å². The summed E-state index contributed by atoms with van der Waals surface area (Å²) < 4.78 is 32.2. The molecule has 4 rings (SSSR count). The van der Waals surface area contributed by atoms with Gasteiger partial charge >= 0.3 is 19.8 Å². The number of nitrogens with zero attached hydrogens (tertiary/aromatic N) is 2. The molecule has 1 unspecified atom stereocenters. The third kappa shape index (κ3) is 5.00. The van der Waals surface area contributed by atoms with Gasteiger partial charge in [0.15, 0.2) is 18.0 Å². The number of ether oxygens (including phenoxy) is 4. The average Bonchev–Trinajstić information content (AvgIpc) is 3.10. The lowest BCUT2D eigenvalue weighted by molar-refractivity contribution is -0.227. The van der Waals surface area contributed by atoms with Crippen LogP contribution >= 0.6 is 8.17 Å². The zero-order valence-electron chi connectivity index (χ0n) is 18.9. The van der Waals surface area contributed by atoms with E-state index in [-0.39, 0.29) is 18.1 Å². The number of esters is 1. The number of carbonyl (C=O) groups excluding carboxylic acids is 1. The Morgan fingerprint density at radius 1 is 1.37 bits per heavy atom. The van der Waals surface area contributed by atoms with E-state index in [1.807, 2.05) is 0 Å². The van der Waals surface area contributed by atoms with E-state index in [1.165, 1.54) is 32.4 Å². The molecule has 35 heavy (non-hydrogen) atoms. The summed E-state index contributed by atoms with van der Waals surface area (Å²) in [5.74, 6) is -0.358. The fraction of sp³-hybridized carbons (Fsp3) is 0.476. The number of nitrogens with one attached hydrogen (secondary N) is 1. The Kier molecular flexibility index (Phi) is 7.33. The van der Waals surface area contributed by atoms with Gasteiger partial charge in [0.05, 0.1) is 13.7 Å². The van der Waals surface area contributed by atoms with Gasteiger partial charge in [0.25, 0.3) is 5.56 Å². The predicted molar refractivity (Wildman–Crippen MR) is 118 cm³/mol. The summed E-state index contributed by atoms with van der Waals surface area (Å²) in [7, 11) is -1.41. The summed E-state index contributed by atoms with van der Waals surface area (Å²) in [6.45, 7) is 1.64. The molecule has 2 saturated heterocycles. The van der Waals surface area contributed by atoms with Crippen LogP contribution in [0.3, 0.4) is 0 Å². The SMILES string of the molecule is COC(=O)[C@H](C)N=[P+]([O-])Oc1ccccc1OC[C@H]1O[C@@H](n2ccc(=O)[nH]c2=O)[C@]2(CCO2)[C@@H]1O. The first-order chi connectivity index (χ1) is 16.7. The first-order valence-corrected chi connectivity index (χ1v) is 11.8. The molecule has 2 aliphatic heterocycles. The van der Waals surface area contributed by atoms with Gasteiger partial charge in [0.1, 0.15) is 24.4 Å². The number of hydrogen-bond acceptors (Lipinski definition) is 11. The van der Waals surface area contributed by atoms with Crippen molar-refractivity contribution < 1.29 is 38.3 Å². The summed E-state index contributed by atoms with van der Waals surface area (Å²) in [6.07, 6.45) is -1.31. The van der Waals surface area contributed by atoms with Crippen LogP contribution in [0.4, 0.5) is 0 Å². The topological polar surface area (TPSA) is 174 Å². The van der Waals surface area contributed by atoms with Gasteiger partial charge in [-0.15, -0.1) is 0 Å². The Balaban J connectivity index is 1.48. The van der Waals surface area contributed by atoms with Crippen LogP contribution in [0.25, 0.3) is 0 Å². The molecule has 13 nitrogen and oxygen atoms in total. The highest BCUT2D eigenvalue weighted by Crippen LogP contribution is 2.48. The van der Waals surface area contributed by atoms with Gasteiger partial charge in [-0.05, 0) is 19.1 Å². The molecule has 0 radical (unpaired) electrons. The molecule has 188 valence electrons. The number of aliphatic hydroxyl groups excluding tert-OH is 1. The fourth-order valence-electron chi connectivity index (χ4n) is 3.91. The molecule has 3 heterocycles. The predicted octanol–water partition coefficient (Wildman–Crippen LogP) is -0.171. The van der Waals surface area contributed by atoms with Crippen molar-refractivity contribution in [2.45, 2.75) is 43.4 Å². The second kappa shape index (κ2) is 10.3. The molecule has 6 atom stereocenters. The Morgan fingerprint density at radius 3 is 2.71 bits per heavy atom. The number of carbonyl (C=O) groups is 1. The lowest BCUT2D eigenvalue weighted by Gasteiger charge is -2.44. The molecular formula is C21H24N3O10P. The number of para-hydroxylation sites is 2. The Labute approximate surface area is 199 Å². The summed E-state index contributed by atoms with van der Waals surface area (Å²) >= 11 is 0. The van der Waals surface area contributed by atoms with Crippen LogP contribution < -0.4 is 25.4 Å². The molecule has 2 N–H and O–H groups in total. The lowest BCUT2D eigenvalue weighted by Crippen LogP contribution is -2.57. The largest absolute Gasteiger partial charge is 0.575 e. The van der Waals surface area contributed by atoms with Crippen LogP contribution in [-0.4, -0.2) is 64.8 Å². The third-order valence-corrected chi connectivity index (χ3v) is 6.67. The Bertz CT molecular complexity index is 1220. The number of aliphatic hydroxyl groups is 1. The maximum Gasteiger partial charge on any atom is 0.395 e. The van der Waals surface area contributed by atoms with E-state index < -0.39 is 55.5 Å². The van der Waals surface area contributed by atoms with Gasteiger partial charge < -0.3 is 28.9 Å². The van der Waals surface area contributed by atoms with Crippen molar-refractivity contribution in [2.24, 2.45) is 4.74 Å². The van der Waals surface area contributed by atoms with Gasteiger partial charge in [-0.25, -0.2) is 9.59 Å². The number of rotatable bonds is 8. The molecule has 2 aromatic rings. The summed E-state index contributed by atoms with van der Waals surface area (Å²) in [6, 6.07) is 6.55. The molecule has 0 aliphatic carbocycles. The van der Waals surface area contributed by atoms with Crippen molar-refractivity contribution in [1.82, 2.24) is 9.55 Å². The van der Waals surface area contributed by atoms with E-state index in [0.717, 1.165) is 4.57 Å². The van der Waals surface area contributed by atoms with E-state index in [4.69, 9.17) is 18.7 Å². The number of aromatic amines is 1. The zero-order valence-corrected chi connectivity index (χ0v) is 19.8. The first-order valence-electron chi connectivity index (χ1n) is 10.7. The van der Waals surface area contributed by atoms with Crippen molar-refractivity contribution >= 4 is 14.1 Å².